The molecular weight excluding hydrogens is 548 g/mol. The first-order valence-electron chi connectivity index (χ1n) is 15.6. The highest BCUT2D eigenvalue weighted by atomic mass is 16.2. The molecule has 3 heteroatoms. The maximum Gasteiger partial charge on any atom is 0.239 e. The van der Waals surface area contributed by atoms with Crippen LogP contribution in [0.25, 0.3) is 44.1 Å². The normalized spacial score (nSPS) is 14.4. The zero-order valence-corrected chi connectivity index (χ0v) is 25.8. The molecule has 0 spiro atoms. The van der Waals surface area contributed by atoms with E-state index < -0.39 is 5.92 Å². The molecule has 0 N–H and O–H groups in total. The van der Waals surface area contributed by atoms with Crippen LogP contribution < -0.4 is 4.90 Å². The maximum atomic E-state index is 14.8. The number of aryl methyl sites for hydroxylation is 3. The molecule has 3 nitrogen and oxygen atoms in total. The van der Waals surface area contributed by atoms with E-state index in [1.165, 1.54) is 27.4 Å². The quantitative estimate of drug-likeness (QED) is 0.198. The number of rotatable bonds is 5. The first-order chi connectivity index (χ1) is 22.0. The predicted octanol–water partition coefficient (Wildman–Crippen LogP) is 9.96. The van der Waals surface area contributed by atoms with Gasteiger partial charge in [-0.25, -0.2) is 0 Å². The Hall–Kier alpha value is -5.41. The Morgan fingerprint density at radius 2 is 1.27 bits per heavy atom. The number of amides is 1. The van der Waals surface area contributed by atoms with Crippen LogP contribution in [0.1, 0.15) is 33.7 Å². The van der Waals surface area contributed by atoms with Gasteiger partial charge in [0.25, 0.3) is 0 Å². The van der Waals surface area contributed by atoms with Crippen molar-refractivity contribution < 1.29 is 4.79 Å². The van der Waals surface area contributed by atoms with Crippen molar-refractivity contribution in [3.05, 3.63) is 161 Å². The fraction of sp³-hybridized carbons (Fsp3) is 0.119. The van der Waals surface area contributed by atoms with Crippen molar-refractivity contribution in [2.75, 3.05) is 4.90 Å². The van der Waals surface area contributed by atoms with Crippen molar-refractivity contribution in [2.45, 2.75) is 26.3 Å². The van der Waals surface area contributed by atoms with Gasteiger partial charge in [0.15, 0.2) is 0 Å². The highest BCUT2D eigenvalue weighted by Crippen LogP contribution is 2.50. The predicted molar refractivity (Wildman–Crippen MR) is 187 cm³/mol. The van der Waals surface area contributed by atoms with Gasteiger partial charge in [-0.15, -0.1) is 0 Å². The van der Waals surface area contributed by atoms with Gasteiger partial charge in [0.2, 0.25) is 5.91 Å². The van der Waals surface area contributed by atoms with E-state index in [1.54, 1.807) is 0 Å². The summed E-state index contributed by atoms with van der Waals surface area (Å²) in [7, 11) is 2.16. The van der Waals surface area contributed by atoms with Gasteiger partial charge in [0.05, 0.1) is 18.0 Å². The molecule has 1 aliphatic heterocycles. The first-order valence-corrected chi connectivity index (χ1v) is 15.6. The summed E-state index contributed by atoms with van der Waals surface area (Å²) in [6, 6.07) is 47.2. The van der Waals surface area contributed by atoms with E-state index in [9.17, 15) is 4.79 Å². The number of para-hydroxylation sites is 2. The molecule has 0 unspecified atom stereocenters. The van der Waals surface area contributed by atoms with Gasteiger partial charge in [-0.3, -0.25) is 4.79 Å². The van der Waals surface area contributed by atoms with Crippen LogP contribution in [0.15, 0.2) is 133 Å². The molecule has 2 heterocycles. The SMILES string of the molecule is Cc1ccc(-c2cc([C@H]3C(=O)N(Cc4ccccc4)c4ccccc43)c(-c3ccc(C)cc3)c3c2c2ccccc2n3C)cc1. The number of aromatic nitrogens is 1. The number of carbonyl (C=O) groups excluding carboxylic acids is 1. The lowest BCUT2D eigenvalue weighted by Gasteiger charge is -2.22. The highest BCUT2D eigenvalue weighted by molar-refractivity contribution is 6.20. The van der Waals surface area contributed by atoms with Crippen molar-refractivity contribution in [3.8, 4) is 22.3 Å². The molecule has 1 amide bonds. The highest BCUT2D eigenvalue weighted by Gasteiger charge is 2.40. The average Bonchev–Trinajstić information content (AvgIpc) is 3.52. The third-order valence-corrected chi connectivity index (χ3v) is 9.45. The van der Waals surface area contributed by atoms with Crippen LogP contribution in [0, 0.1) is 13.8 Å². The molecule has 218 valence electrons. The van der Waals surface area contributed by atoms with E-state index in [0.717, 1.165) is 50.1 Å². The molecule has 0 bridgehead atoms. The summed E-state index contributed by atoms with van der Waals surface area (Å²) >= 11 is 0. The maximum absolute atomic E-state index is 14.8. The van der Waals surface area contributed by atoms with E-state index in [2.05, 4.69) is 135 Å². The summed E-state index contributed by atoms with van der Waals surface area (Å²) in [6.45, 7) is 4.78. The summed E-state index contributed by atoms with van der Waals surface area (Å²) in [5.41, 5.74) is 13.5. The van der Waals surface area contributed by atoms with Gasteiger partial charge in [-0.2, -0.15) is 0 Å². The van der Waals surface area contributed by atoms with Crippen molar-refractivity contribution in [1.29, 1.82) is 0 Å². The Morgan fingerprint density at radius 1 is 0.644 bits per heavy atom. The van der Waals surface area contributed by atoms with Gasteiger partial charge < -0.3 is 9.47 Å². The Morgan fingerprint density at radius 3 is 2.00 bits per heavy atom. The summed E-state index contributed by atoms with van der Waals surface area (Å²) in [5, 5.41) is 2.44. The Bertz CT molecular complexity index is 2220. The number of benzene rings is 6. The van der Waals surface area contributed by atoms with E-state index in [-0.39, 0.29) is 5.91 Å². The van der Waals surface area contributed by atoms with Crippen LogP contribution in [-0.2, 0) is 18.4 Å². The van der Waals surface area contributed by atoms with Gasteiger partial charge in [-0.05, 0) is 65.4 Å². The van der Waals surface area contributed by atoms with Crippen molar-refractivity contribution in [3.63, 3.8) is 0 Å². The lowest BCUT2D eigenvalue weighted by molar-refractivity contribution is -0.118. The van der Waals surface area contributed by atoms with Crippen LogP contribution in [0.4, 0.5) is 5.69 Å². The smallest absolute Gasteiger partial charge is 0.239 e. The van der Waals surface area contributed by atoms with Crippen LogP contribution in [0.5, 0.6) is 0 Å². The molecular formula is C42H34N2O. The molecule has 45 heavy (non-hydrogen) atoms. The number of hydrogen-bond donors (Lipinski definition) is 0. The van der Waals surface area contributed by atoms with Gasteiger partial charge in [0, 0.05) is 34.6 Å². The largest absolute Gasteiger partial charge is 0.343 e. The molecule has 6 aromatic carbocycles. The monoisotopic (exact) mass is 582 g/mol. The summed E-state index contributed by atoms with van der Waals surface area (Å²) in [6.07, 6.45) is 0. The second-order valence-corrected chi connectivity index (χ2v) is 12.3. The number of fused-ring (bicyclic) bond motifs is 4. The molecule has 1 aliphatic rings. The van der Waals surface area contributed by atoms with E-state index in [4.69, 9.17) is 0 Å². The number of carbonyl (C=O) groups is 1. The topological polar surface area (TPSA) is 25.2 Å². The van der Waals surface area contributed by atoms with Gasteiger partial charge >= 0.3 is 0 Å². The minimum atomic E-state index is -0.437. The minimum Gasteiger partial charge on any atom is -0.343 e. The standard InChI is InChI=1S/C42H34N2O/c1-27-17-21-30(22-18-27)34-25-35(40-33-14-8-10-16-37(33)44(42(40)45)26-29-11-5-4-6-12-29)38(31-23-19-28(2)20-24-31)41-39(34)32-13-7-9-15-36(32)43(41)3/h4-25,40H,26H2,1-3H3/t40-/m0/s1. The van der Waals surface area contributed by atoms with Crippen molar-refractivity contribution >= 4 is 33.4 Å². The summed E-state index contributed by atoms with van der Waals surface area (Å²) in [5.74, 6) is -0.325. The van der Waals surface area contributed by atoms with E-state index in [1.807, 2.05) is 29.2 Å². The molecule has 0 saturated heterocycles. The summed E-state index contributed by atoms with van der Waals surface area (Å²) in [4.78, 5) is 16.8. The second-order valence-electron chi connectivity index (χ2n) is 12.3. The minimum absolute atomic E-state index is 0.112. The molecule has 0 radical (unpaired) electrons. The van der Waals surface area contributed by atoms with Gasteiger partial charge in [-0.1, -0.05) is 126 Å². The first kappa shape index (κ1) is 27.2. The molecule has 0 aliphatic carbocycles. The molecule has 1 aromatic heterocycles. The molecule has 0 fully saturated rings. The van der Waals surface area contributed by atoms with Crippen LogP contribution >= 0.6 is 0 Å². The molecule has 7 aromatic rings. The number of hydrogen-bond acceptors (Lipinski definition) is 1. The van der Waals surface area contributed by atoms with Gasteiger partial charge in [0.1, 0.15) is 0 Å². The Labute approximate surface area is 264 Å². The lowest BCUT2D eigenvalue weighted by atomic mass is 9.82. The molecule has 8 rings (SSSR count). The van der Waals surface area contributed by atoms with E-state index in [0.29, 0.717) is 6.54 Å². The zero-order valence-electron chi connectivity index (χ0n) is 25.8. The summed E-state index contributed by atoms with van der Waals surface area (Å²) < 4.78 is 2.33. The Balaban J connectivity index is 1.47. The van der Waals surface area contributed by atoms with Crippen LogP contribution in [-0.4, -0.2) is 10.5 Å². The number of anilines is 1. The number of nitrogens with zero attached hydrogens (tertiary/aromatic N) is 2. The fourth-order valence-electron chi connectivity index (χ4n) is 7.22. The van der Waals surface area contributed by atoms with Crippen molar-refractivity contribution in [1.82, 2.24) is 4.57 Å². The average molecular weight is 583 g/mol. The Kier molecular flexibility index (Phi) is 6.42. The third-order valence-electron chi connectivity index (χ3n) is 9.45. The second kappa shape index (κ2) is 10.6. The lowest BCUT2D eigenvalue weighted by Crippen LogP contribution is -2.28. The third kappa shape index (κ3) is 4.38. The van der Waals surface area contributed by atoms with Crippen LogP contribution in [0.3, 0.4) is 0 Å². The molecule has 0 saturated carbocycles. The fourth-order valence-corrected chi connectivity index (χ4v) is 7.22. The van der Waals surface area contributed by atoms with Crippen LogP contribution in [0.2, 0.25) is 0 Å². The zero-order chi connectivity index (χ0) is 30.7. The molecule has 1 atom stereocenters. The van der Waals surface area contributed by atoms with E-state index >= 15 is 0 Å². The van der Waals surface area contributed by atoms with Crippen molar-refractivity contribution in [2.24, 2.45) is 7.05 Å².